The van der Waals surface area contributed by atoms with E-state index in [0.29, 0.717) is 12.1 Å². The number of halogens is 1. The van der Waals surface area contributed by atoms with Gasteiger partial charge in [-0.25, -0.2) is 0 Å². The van der Waals surface area contributed by atoms with Gasteiger partial charge in [-0.05, 0) is 55.6 Å². The fraction of sp³-hybridized carbons (Fsp3) is 0.538. The van der Waals surface area contributed by atoms with Crippen molar-refractivity contribution in [3.63, 3.8) is 0 Å². The summed E-state index contributed by atoms with van der Waals surface area (Å²) in [6.45, 7) is 5.95. The molecular formula is C13H18IN3O2. The topological polar surface area (TPSA) is 49.6 Å². The zero-order valence-electron chi connectivity index (χ0n) is 11.3. The molecule has 1 aliphatic rings. The normalized spacial score (nSPS) is 24.5. The lowest BCUT2D eigenvalue weighted by Gasteiger charge is -2.43. The van der Waals surface area contributed by atoms with Crippen LogP contribution in [0.15, 0.2) is 18.2 Å². The van der Waals surface area contributed by atoms with Crippen LogP contribution in [0.25, 0.3) is 0 Å². The minimum absolute atomic E-state index is 0.204. The predicted molar refractivity (Wildman–Crippen MR) is 84.7 cm³/mol. The second-order valence-corrected chi connectivity index (χ2v) is 6.40. The molecule has 5 nitrogen and oxygen atoms in total. The highest BCUT2D eigenvalue weighted by molar-refractivity contribution is 14.1. The molecule has 2 atom stereocenters. The third-order valence-corrected chi connectivity index (χ3v) is 4.51. The highest BCUT2D eigenvalue weighted by atomic mass is 127. The SMILES string of the molecule is CC1CN(c2ccc(I)cc2[N+](=O)[O-])CC(C)N1C. The number of nitro benzene ring substituents is 1. The van der Waals surface area contributed by atoms with Gasteiger partial charge in [-0.2, -0.15) is 0 Å². The number of hydrogen-bond acceptors (Lipinski definition) is 4. The van der Waals surface area contributed by atoms with Crippen molar-refractivity contribution in [1.29, 1.82) is 0 Å². The first-order valence-corrected chi connectivity index (χ1v) is 7.39. The van der Waals surface area contributed by atoms with Gasteiger partial charge in [0.2, 0.25) is 0 Å². The average Bonchev–Trinajstić information content (AvgIpc) is 2.35. The number of piperazine rings is 1. The van der Waals surface area contributed by atoms with E-state index < -0.39 is 0 Å². The van der Waals surface area contributed by atoms with Gasteiger partial charge in [0.05, 0.1) is 4.92 Å². The standard InChI is InChI=1S/C13H18IN3O2/c1-9-7-16(8-10(2)15(9)3)12-5-4-11(14)6-13(12)17(18)19/h4-6,9-10H,7-8H2,1-3H3. The molecule has 0 saturated carbocycles. The molecule has 0 bridgehead atoms. The van der Waals surface area contributed by atoms with Crippen LogP contribution in [0.4, 0.5) is 11.4 Å². The Morgan fingerprint density at radius 2 is 1.89 bits per heavy atom. The van der Waals surface area contributed by atoms with Crippen molar-refractivity contribution in [2.24, 2.45) is 0 Å². The van der Waals surface area contributed by atoms with Gasteiger partial charge in [-0.1, -0.05) is 0 Å². The average molecular weight is 375 g/mol. The Kier molecular flexibility index (Phi) is 4.29. The molecule has 2 rings (SSSR count). The second-order valence-electron chi connectivity index (χ2n) is 5.16. The molecule has 0 aromatic heterocycles. The Bertz CT molecular complexity index is 483. The van der Waals surface area contributed by atoms with Gasteiger partial charge in [0.15, 0.2) is 0 Å². The first-order valence-electron chi connectivity index (χ1n) is 6.31. The number of rotatable bonds is 2. The first-order chi connectivity index (χ1) is 8.90. The summed E-state index contributed by atoms with van der Waals surface area (Å²) in [5.74, 6) is 0. The molecule has 0 amide bonds. The van der Waals surface area contributed by atoms with Crippen LogP contribution in [0.1, 0.15) is 13.8 Å². The maximum Gasteiger partial charge on any atom is 0.293 e. The predicted octanol–water partition coefficient (Wildman–Crippen LogP) is 2.73. The van der Waals surface area contributed by atoms with E-state index in [1.807, 2.05) is 12.1 Å². The van der Waals surface area contributed by atoms with Crippen molar-refractivity contribution in [3.05, 3.63) is 31.9 Å². The molecule has 1 heterocycles. The molecule has 1 aromatic carbocycles. The number of nitro groups is 1. The second kappa shape index (κ2) is 5.62. The molecule has 2 unspecified atom stereocenters. The zero-order valence-corrected chi connectivity index (χ0v) is 13.5. The molecular weight excluding hydrogens is 357 g/mol. The summed E-state index contributed by atoms with van der Waals surface area (Å²) in [6, 6.07) is 6.22. The fourth-order valence-electron chi connectivity index (χ4n) is 2.51. The number of likely N-dealkylation sites (N-methyl/N-ethyl adjacent to an activating group) is 1. The molecule has 0 radical (unpaired) electrons. The molecule has 0 N–H and O–H groups in total. The van der Waals surface area contributed by atoms with E-state index in [4.69, 9.17) is 0 Å². The lowest BCUT2D eigenvalue weighted by atomic mass is 10.1. The highest BCUT2D eigenvalue weighted by Crippen LogP contribution is 2.32. The highest BCUT2D eigenvalue weighted by Gasteiger charge is 2.30. The van der Waals surface area contributed by atoms with Gasteiger partial charge in [-0.3, -0.25) is 15.0 Å². The van der Waals surface area contributed by atoms with E-state index in [-0.39, 0.29) is 10.6 Å². The van der Waals surface area contributed by atoms with E-state index in [1.54, 1.807) is 6.07 Å². The maximum atomic E-state index is 11.2. The van der Waals surface area contributed by atoms with E-state index in [9.17, 15) is 10.1 Å². The lowest BCUT2D eigenvalue weighted by molar-refractivity contribution is -0.384. The number of anilines is 1. The minimum Gasteiger partial charge on any atom is -0.363 e. The summed E-state index contributed by atoms with van der Waals surface area (Å²) in [7, 11) is 2.11. The lowest BCUT2D eigenvalue weighted by Crippen LogP contribution is -2.55. The van der Waals surface area contributed by atoms with E-state index in [1.165, 1.54) is 0 Å². The molecule has 19 heavy (non-hydrogen) atoms. The summed E-state index contributed by atoms with van der Waals surface area (Å²) >= 11 is 2.11. The Hall–Kier alpha value is -0.890. The van der Waals surface area contributed by atoms with Crippen LogP contribution >= 0.6 is 22.6 Å². The smallest absolute Gasteiger partial charge is 0.293 e. The molecule has 1 aliphatic heterocycles. The van der Waals surface area contributed by atoms with Gasteiger partial charge >= 0.3 is 0 Å². The number of nitrogens with zero attached hydrogens (tertiary/aromatic N) is 3. The van der Waals surface area contributed by atoms with Crippen molar-refractivity contribution in [1.82, 2.24) is 4.90 Å². The largest absolute Gasteiger partial charge is 0.363 e. The van der Waals surface area contributed by atoms with E-state index in [0.717, 1.165) is 22.3 Å². The van der Waals surface area contributed by atoms with Gasteiger partial charge < -0.3 is 4.90 Å². The third-order valence-electron chi connectivity index (χ3n) is 3.83. The Balaban J connectivity index is 2.34. The van der Waals surface area contributed by atoms with Crippen LogP contribution in [-0.2, 0) is 0 Å². The molecule has 6 heteroatoms. The van der Waals surface area contributed by atoms with Crippen molar-refractivity contribution < 1.29 is 4.92 Å². The van der Waals surface area contributed by atoms with Crippen molar-refractivity contribution in [2.75, 3.05) is 25.0 Å². The van der Waals surface area contributed by atoms with E-state index in [2.05, 4.69) is 53.3 Å². The van der Waals surface area contributed by atoms with Crippen LogP contribution in [0, 0.1) is 13.7 Å². The van der Waals surface area contributed by atoms with Crippen molar-refractivity contribution in [2.45, 2.75) is 25.9 Å². The molecule has 0 aliphatic carbocycles. The fourth-order valence-corrected chi connectivity index (χ4v) is 2.99. The Morgan fingerprint density at radius 3 is 2.42 bits per heavy atom. The van der Waals surface area contributed by atoms with Crippen LogP contribution < -0.4 is 4.90 Å². The monoisotopic (exact) mass is 375 g/mol. The van der Waals surface area contributed by atoms with Gasteiger partial charge in [0.25, 0.3) is 5.69 Å². The number of hydrogen-bond donors (Lipinski definition) is 0. The van der Waals surface area contributed by atoms with Crippen LogP contribution in [-0.4, -0.2) is 42.0 Å². The third kappa shape index (κ3) is 3.00. The van der Waals surface area contributed by atoms with Gasteiger partial charge in [0.1, 0.15) is 5.69 Å². The summed E-state index contributed by atoms with van der Waals surface area (Å²) in [5, 5.41) is 11.2. The summed E-state index contributed by atoms with van der Waals surface area (Å²) in [6.07, 6.45) is 0. The number of benzene rings is 1. The van der Waals surface area contributed by atoms with Crippen molar-refractivity contribution >= 4 is 34.0 Å². The van der Waals surface area contributed by atoms with Crippen molar-refractivity contribution in [3.8, 4) is 0 Å². The minimum atomic E-state index is -0.287. The van der Waals surface area contributed by atoms with E-state index >= 15 is 0 Å². The van der Waals surface area contributed by atoms with Crippen LogP contribution in [0.2, 0.25) is 0 Å². The quantitative estimate of drug-likeness (QED) is 0.453. The summed E-state index contributed by atoms with van der Waals surface area (Å²) < 4.78 is 0.892. The maximum absolute atomic E-state index is 11.2. The Labute approximate surface area is 126 Å². The molecule has 104 valence electrons. The first kappa shape index (κ1) is 14.5. The molecule has 0 spiro atoms. The molecule has 1 aromatic rings. The Morgan fingerprint density at radius 1 is 1.32 bits per heavy atom. The van der Waals surface area contributed by atoms with Gasteiger partial charge in [-0.15, -0.1) is 0 Å². The van der Waals surface area contributed by atoms with Crippen LogP contribution in [0.5, 0.6) is 0 Å². The zero-order chi connectivity index (χ0) is 14.2. The molecule has 1 fully saturated rings. The van der Waals surface area contributed by atoms with Gasteiger partial charge in [0, 0.05) is 34.8 Å². The molecule has 1 saturated heterocycles. The summed E-state index contributed by atoms with van der Waals surface area (Å²) in [5.41, 5.74) is 0.938. The van der Waals surface area contributed by atoms with Crippen LogP contribution in [0.3, 0.4) is 0 Å². The summed E-state index contributed by atoms with van der Waals surface area (Å²) in [4.78, 5) is 15.4.